The second-order valence-electron chi connectivity index (χ2n) is 2.88. The summed E-state index contributed by atoms with van der Waals surface area (Å²) >= 11 is 0. The van der Waals surface area contributed by atoms with E-state index in [9.17, 15) is 0 Å². The van der Waals surface area contributed by atoms with Crippen LogP contribution in [0.15, 0.2) is 24.5 Å². The minimum Gasteiger partial charge on any atom is -0.264 e. The van der Waals surface area contributed by atoms with E-state index in [1.54, 1.807) is 6.20 Å². The third-order valence-corrected chi connectivity index (χ3v) is 1.52. The van der Waals surface area contributed by atoms with E-state index < -0.39 is 0 Å². The Balaban J connectivity index is 0.000000217. The van der Waals surface area contributed by atoms with Gasteiger partial charge in [-0.1, -0.05) is 39.2 Å². The first-order valence-corrected chi connectivity index (χ1v) is 4.67. The molecule has 0 amide bonds. The minimum absolute atomic E-state index is 1.21. The van der Waals surface area contributed by atoms with E-state index in [1.807, 2.05) is 25.3 Å². The standard InChI is InChI=1S/C6H7N.C5H12/c1-6-3-2-4-7-5-6;1-3-5-4-2/h2-5H,1H3;3-5H2,1-2H3. The van der Waals surface area contributed by atoms with E-state index in [2.05, 4.69) is 18.8 Å². The number of rotatable bonds is 2. The van der Waals surface area contributed by atoms with Gasteiger partial charge in [-0.3, -0.25) is 4.98 Å². The molecule has 0 N–H and O–H groups in total. The lowest BCUT2D eigenvalue weighted by molar-refractivity contribution is 0.772. The molecule has 68 valence electrons. The van der Waals surface area contributed by atoms with E-state index in [4.69, 9.17) is 0 Å². The predicted molar refractivity (Wildman–Crippen MR) is 54.2 cm³/mol. The monoisotopic (exact) mass is 165 g/mol. The van der Waals surface area contributed by atoms with Crippen LogP contribution in [0.3, 0.4) is 0 Å². The van der Waals surface area contributed by atoms with Crippen LogP contribution >= 0.6 is 0 Å². The number of nitrogens with zero attached hydrogens (tertiary/aromatic N) is 1. The van der Waals surface area contributed by atoms with Gasteiger partial charge in [-0.05, 0) is 18.6 Å². The highest BCUT2D eigenvalue weighted by Gasteiger charge is 1.73. The lowest BCUT2D eigenvalue weighted by atomic mass is 10.3. The van der Waals surface area contributed by atoms with Crippen molar-refractivity contribution in [1.82, 2.24) is 4.98 Å². The molecule has 0 atom stereocenters. The SMILES string of the molecule is CCCCC.Cc1cccnc1. The maximum absolute atomic E-state index is 3.88. The molecule has 1 aromatic heterocycles. The molecule has 0 aliphatic rings. The highest BCUT2D eigenvalue weighted by molar-refractivity contribution is 5.04. The number of aromatic nitrogens is 1. The largest absolute Gasteiger partial charge is 0.264 e. The van der Waals surface area contributed by atoms with Crippen LogP contribution in [-0.2, 0) is 0 Å². The van der Waals surface area contributed by atoms with Gasteiger partial charge >= 0.3 is 0 Å². The molecular weight excluding hydrogens is 146 g/mol. The van der Waals surface area contributed by atoms with Crippen LogP contribution in [0.4, 0.5) is 0 Å². The van der Waals surface area contributed by atoms with E-state index in [-0.39, 0.29) is 0 Å². The van der Waals surface area contributed by atoms with E-state index in [0.717, 1.165) is 0 Å². The van der Waals surface area contributed by atoms with Crippen LogP contribution < -0.4 is 0 Å². The van der Waals surface area contributed by atoms with Crippen LogP contribution in [0.5, 0.6) is 0 Å². The molecule has 0 spiro atoms. The summed E-state index contributed by atoms with van der Waals surface area (Å²) in [4.78, 5) is 3.88. The fourth-order valence-electron chi connectivity index (χ4n) is 0.802. The van der Waals surface area contributed by atoms with E-state index in [1.165, 1.54) is 24.8 Å². The van der Waals surface area contributed by atoms with Crippen molar-refractivity contribution in [2.75, 3.05) is 0 Å². The number of unbranched alkanes of at least 4 members (excludes halogenated alkanes) is 2. The van der Waals surface area contributed by atoms with Gasteiger partial charge in [0.25, 0.3) is 0 Å². The first-order valence-electron chi connectivity index (χ1n) is 4.67. The van der Waals surface area contributed by atoms with Crippen molar-refractivity contribution < 1.29 is 0 Å². The van der Waals surface area contributed by atoms with Gasteiger partial charge in [-0.2, -0.15) is 0 Å². The predicted octanol–water partition coefficient (Wildman–Crippen LogP) is 3.59. The van der Waals surface area contributed by atoms with Crippen molar-refractivity contribution in [3.8, 4) is 0 Å². The Labute approximate surface area is 75.8 Å². The summed E-state index contributed by atoms with van der Waals surface area (Å²) in [7, 11) is 0. The summed E-state index contributed by atoms with van der Waals surface area (Å²) in [5, 5.41) is 0. The molecule has 1 aromatic rings. The first-order chi connectivity index (χ1) is 5.81. The van der Waals surface area contributed by atoms with E-state index >= 15 is 0 Å². The van der Waals surface area contributed by atoms with Crippen molar-refractivity contribution in [2.45, 2.75) is 40.0 Å². The van der Waals surface area contributed by atoms with Crippen LogP contribution in [0.1, 0.15) is 38.7 Å². The van der Waals surface area contributed by atoms with Gasteiger partial charge in [-0.15, -0.1) is 0 Å². The molecule has 0 bridgehead atoms. The van der Waals surface area contributed by atoms with Gasteiger partial charge < -0.3 is 0 Å². The lowest BCUT2D eigenvalue weighted by Gasteiger charge is -1.82. The van der Waals surface area contributed by atoms with Gasteiger partial charge in [0, 0.05) is 12.4 Å². The third kappa shape index (κ3) is 7.26. The molecule has 1 nitrogen and oxygen atoms in total. The summed E-state index contributed by atoms with van der Waals surface area (Å²) in [6, 6.07) is 3.95. The van der Waals surface area contributed by atoms with Gasteiger partial charge in [0.05, 0.1) is 0 Å². The average molecular weight is 165 g/mol. The Morgan fingerprint density at radius 2 is 1.92 bits per heavy atom. The van der Waals surface area contributed by atoms with Crippen LogP contribution in [0.25, 0.3) is 0 Å². The normalized spacial score (nSPS) is 8.58. The number of pyridine rings is 1. The lowest BCUT2D eigenvalue weighted by Crippen LogP contribution is -1.69. The molecule has 0 radical (unpaired) electrons. The second-order valence-corrected chi connectivity index (χ2v) is 2.88. The molecule has 1 heteroatoms. The van der Waals surface area contributed by atoms with Crippen molar-refractivity contribution in [2.24, 2.45) is 0 Å². The Morgan fingerprint density at radius 1 is 1.25 bits per heavy atom. The van der Waals surface area contributed by atoms with Gasteiger partial charge in [0.15, 0.2) is 0 Å². The van der Waals surface area contributed by atoms with Crippen molar-refractivity contribution in [3.63, 3.8) is 0 Å². The minimum atomic E-state index is 1.21. The maximum atomic E-state index is 3.88. The number of hydrogen-bond acceptors (Lipinski definition) is 1. The Kier molecular flexibility index (Phi) is 7.66. The van der Waals surface area contributed by atoms with Gasteiger partial charge in [-0.25, -0.2) is 0 Å². The molecule has 0 aliphatic carbocycles. The molecular formula is C11H19N. The Bertz CT molecular complexity index is 168. The zero-order valence-corrected chi connectivity index (χ0v) is 8.38. The zero-order chi connectivity index (χ0) is 9.23. The molecule has 0 aromatic carbocycles. The summed E-state index contributed by atoms with van der Waals surface area (Å²) in [6.07, 6.45) is 7.68. The molecule has 0 fully saturated rings. The van der Waals surface area contributed by atoms with E-state index in [0.29, 0.717) is 0 Å². The third-order valence-electron chi connectivity index (χ3n) is 1.52. The average Bonchev–Trinajstić information content (AvgIpc) is 2.08. The quantitative estimate of drug-likeness (QED) is 0.652. The van der Waals surface area contributed by atoms with Crippen molar-refractivity contribution >= 4 is 0 Å². The van der Waals surface area contributed by atoms with Gasteiger partial charge in [0.1, 0.15) is 0 Å². The first kappa shape index (κ1) is 11.2. The summed E-state index contributed by atoms with van der Waals surface area (Å²) in [5.41, 5.74) is 1.21. The summed E-state index contributed by atoms with van der Waals surface area (Å²) in [6.45, 7) is 6.44. The second kappa shape index (κ2) is 8.25. The highest BCUT2D eigenvalue weighted by atomic mass is 14.6. The van der Waals surface area contributed by atoms with Crippen molar-refractivity contribution in [1.29, 1.82) is 0 Å². The Hall–Kier alpha value is -0.850. The maximum Gasteiger partial charge on any atom is 0.0297 e. The molecule has 1 heterocycles. The number of hydrogen-bond donors (Lipinski definition) is 0. The fourth-order valence-corrected chi connectivity index (χ4v) is 0.802. The topological polar surface area (TPSA) is 12.9 Å². The molecule has 0 saturated heterocycles. The summed E-state index contributed by atoms with van der Waals surface area (Å²) in [5.74, 6) is 0. The Morgan fingerprint density at radius 3 is 2.08 bits per heavy atom. The van der Waals surface area contributed by atoms with Crippen LogP contribution in [0.2, 0.25) is 0 Å². The van der Waals surface area contributed by atoms with Crippen molar-refractivity contribution in [3.05, 3.63) is 30.1 Å². The van der Waals surface area contributed by atoms with Crippen LogP contribution in [-0.4, -0.2) is 4.98 Å². The molecule has 0 saturated carbocycles. The summed E-state index contributed by atoms with van der Waals surface area (Å²) < 4.78 is 0. The number of aryl methyl sites for hydroxylation is 1. The van der Waals surface area contributed by atoms with Crippen LogP contribution in [0, 0.1) is 6.92 Å². The van der Waals surface area contributed by atoms with Gasteiger partial charge in [0.2, 0.25) is 0 Å². The molecule has 12 heavy (non-hydrogen) atoms. The smallest absolute Gasteiger partial charge is 0.0297 e. The molecule has 1 rings (SSSR count). The zero-order valence-electron chi connectivity index (χ0n) is 8.38. The highest BCUT2D eigenvalue weighted by Crippen LogP contribution is 1.88. The fraction of sp³-hybridized carbons (Fsp3) is 0.545. The molecule has 0 unspecified atom stereocenters. The molecule has 0 aliphatic heterocycles.